The SMILES string of the molecule is O=c1c2ccccc2c2cc(-n3c4ccccc4c4ccc(-c5ccc6c(c5)c5ccccc5n6-c5cccc(-c6ccccc6)c5)cc43)cc3c4ccccc4n1c23. The maximum absolute atomic E-state index is 14.1. The van der Waals surface area contributed by atoms with E-state index in [-0.39, 0.29) is 5.56 Å². The Kier molecular flexibility index (Phi) is 6.56. The van der Waals surface area contributed by atoms with Crippen LogP contribution < -0.4 is 5.56 Å². The van der Waals surface area contributed by atoms with Crippen LogP contribution in [0.2, 0.25) is 0 Å². The predicted molar refractivity (Wildman–Crippen MR) is 247 cm³/mol. The number of nitrogens with zero attached hydrogens (tertiary/aromatic N) is 3. The summed E-state index contributed by atoms with van der Waals surface area (Å²) in [5, 5.41) is 9.78. The smallest absolute Gasteiger partial charge is 0.263 e. The highest BCUT2D eigenvalue weighted by Gasteiger charge is 2.21. The van der Waals surface area contributed by atoms with Gasteiger partial charge in [0.15, 0.2) is 0 Å². The van der Waals surface area contributed by atoms with Crippen LogP contribution in [-0.2, 0) is 0 Å². The first-order chi connectivity index (χ1) is 29.2. The van der Waals surface area contributed by atoms with Crippen LogP contribution in [0.15, 0.2) is 205 Å². The van der Waals surface area contributed by atoms with Gasteiger partial charge < -0.3 is 9.13 Å². The molecule has 59 heavy (non-hydrogen) atoms. The molecule has 0 aliphatic heterocycles. The summed E-state index contributed by atoms with van der Waals surface area (Å²) >= 11 is 0. The standard InChI is InChI=1S/C55H33N3O/c59-55-45-21-5-4-17-40(45)47-32-39(33-48-43-20-8-11-24-51(43)58(55)54(47)48)57-49-22-9-6-18-41(49)44-27-25-37(31-53(44)57)36-26-28-52-46(30-36)42-19-7-10-23-50(42)56(52)38-16-12-15-35(29-38)34-13-2-1-3-14-34/h1-33H. The molecule has 0 aliphatic carbocycles. The van der Waals surface area contributed by atoms with Crippen LogP contribution in [0.4, 0.5) is 0 Å². The summed E-state index contributed by atoms with van der Waals surface area (Å²) in [4.78, 5) is 14.1. The number of rotatable bonds is 4. The topological polar surface area (TPSA) is 31.3 Å². The van der Waals surface area contributed by atoms with Gasteiger partial charge in [-0.25, -0.2) is 0 Å². The molecule has 4 aromatic heterocycles. The summed E-state index contributed by atoms with van der Waals surface area (Å²) in [5.41, 5.74) is 13.5. The van der Waals surface area contributed by atoms with Crippen LogP contribution in [0.3, 0.4) is 0 Å². The molecule has 0 saturated carbocycles. The van der Waals surface area contributed by atoms with Gasteiger partial charge in [-0.2, -0.15) is 0 Å². The van der Waals surface area contributed by atoms with Gasteiger partial charge in [-0.1, -0.05) is 133 Å². The number of aromatic nitrogens is 3. The normalized spacial score (nSPS) is 12.1. The molecular weight excluding hydrogens is 719 g/mol. The van der Waals surface area contributed by atoms with E-state index in [9.17, 15) is 4.79 Å². The maximum Gasteiger partial charge on any atom is 0.263 e. The minimum Gasteiger partial charge on any atom is -0.309 e. The number of hydrogen-bond acceptors (Lipinski definition) is 1. The first-order valence-electron chi connectivity index (χ1n) is 20.1. The molecule has 0 atom stereocenters. The first kappa shape index (κ1) is 32.2. The van der Waals surface area contributed by atoms with Crippen molar-refractivity contribution in [2.75, 3.05) is 0 Å². The molecule has 274 valence electrons. The van der Waals surface area contributed by atoms with Gasteiger partial charge in [0, 0.05) is 54.5 Å². The van der Waals surface area contributed by atoms with Crippen molar-refractivity contribution in [3.05, 3.63) is 211 Å². The highest BCUT2D eigenvalue weighted by Crippen LogP contribution is 2.41. The van der Waals surface area contributed by atoms with Gasteiger partial charge in [-0.05, 0) is 94.4 Å². The lowest BCUT2D eigenvalue weighted by molar-refractivity contribution is 1.18. The van der Waals surface area contributed by atoms with E-state index in [0.717, 1.165) is 65.9 Å². The Morgan fingerprint density at radius 2 is 0.780 bits per heavy atom. The van der Waals surface area contributed by atoms with Crippen LogP contribution >= 0.6 is 0 Å². The summed E-state index contributed by atoms with van der Waals surface area (Å²) in [6, 6.07) is 71.6. The zero-order valence-corrected chi connectivity index (χ0v) is 31.8. The van der Waals surface area contributed by atoms with E-state index in [2.05, 4.69) is 185 Å². The van der Waals surface area contributed by atoms with E-state index < -0.39 is 0 Å². The molecule has 0 aliphatic rings. The van der Waals surface area contributed by atoms with Crippen LogP contribution in [0.1, 0.15) is 0 Å². The maximum atomic E-state index is 14.1. The van der Waals surface area contributed by atoms with Crippen LogP contribution in [0.25, 0.3) is 115 Å². The quantitative estimate of drug-likeness (QED) is 0.165. The monoisotopic (exact) mass is 751 g/mol. The lowest BCUT2D eigenvalue weighted by Crippen LogP contribution is -2.12. The van der Waals surface area contributed by atoms with Crippen molar-refractivity contribution in [2.45, 2.75) is 0 Å². The Bertz CT molecular complexity index is 3920. The van der Waals surface area contributed by atoms with Gasteiger partial charge in [-0.3, -0.25) is 9.20 Å². The van der Waals surface area contributed by atoms with Crippen LogP contribution in [-0.4, -0.2) is 13.5 Å². The van der Waals surface area contributed by atoms with Crippen molar-refractivity contribution in [2.24, 2.45) is 0 Å². The highest BCUT2D eigenvalue weighted by atomic mass is 16.1. The number of hydrogen-bond donors (Lipinski definition) is 0. The fourth-order valence-electron chi connectivity index (χ4n) is 9.97. The van der Waals surface area contributed by atoms with E-state index in [1.54, 1.807) is 0 Å². The predicted octanol–water partition coefficient (Wildman–Crippen LogP) is 13.7. The second kappa shape index (κ2) is 12.0. The van der Waals surface area contributed by atoms with Crippen molar-refractivity contribution in [3.63, 3.8) is 0 Å². The fraction of sp³-hybridized carbons (Fsp3) is 0. The minimum absolute atomic E-state index is 0.0225. The zero-order valence-electron chi connectivity index (χ0n) is 31.8. The van der Waals surface area contributed by atoms with E-state index >= 15 is 0 Å². The largest absolute Gasteiger partial charge is 0.309 e. The average Bonchev–Trinajstić information content (AvgIpc) is 3.94. The Labute approximate surface area is 338 Å². The summed E-state index contributed by atoms with van der Waals surface area (Å²) in [6.45, 7) is 0. The Morgan fingerprint density at radius 3 is 1.54 bits per heavy atom. The third-order valence-corrected chi connectivity index (χ3v) is 12.6. The van der Waals surface area contributed by atoms with Crippen molar-refractivity contribution in [3.8, 4) is 33.6 Å². The molecule has 13 aromatic rings. The summed E-state index contributed by atoms with van der Waals surface area (Å²) in [6.07, 6.45) is 0. The molecule has 0 amide bonds. The van der Waals surface area contributed by atoms with Crippen LogP contribution in [0, 0.1) is 0 Å². The minimum atomic E-state index is 0.0225. The molecule has 0 saturated heterocycles. The van der Waals surface area contributed by atoms with Crippen molar-refractivity contribution >= 4 is 81.6 Å². The second-order valence-corrected chi connectivity index (χ2v) is 15.7. The van der Waals surface area contributed by atoms with Crippen molar-refractivity contribution in [1.29, 1.82) is 0 Å². The van der Waals surface area contributed by atoms with Crippen molar-refractivity contribution in [1.82, 2.24) is 13.5 Å². The number of benzene rings is 9. The molecule has 9 aromatic carbocycles. The third kappa shape index (κ3) is 4.51. The molecule has 4 heterocycles. The fourth-order valence-corrected chi connectivity index (χ4v) is 9.97. The average molecular weight is 752 g/mol. The van der Waals surface area contributed by atoms with Gasteiger partial charge in [-0.15, -0.1) is 0 Å². The molecule has 0 fully saturated rings. The van der Waals surface area contributed by atoms with Gasteiger partial charge >= 0.3 is 0 Å². The summed E-state index contributed by atoms with van der Waals surface area (Å²) in [5.74, 6) is 0. The van der Waals surface area contributed by atoms with E-state index in [1.807, 2.05) is 28.7 Å². The third-order valence-electron chi connectivity index (χ3n) is 12.6. The number of para-hydroxylation sites is 3. The molecule has 4 heteroatoms. The zero-order chi connectivity index (χ0) is 38.8. The Morgan fingerprint density at radius 1 is 0.271 bits per heavy atom. The van der Waals surface area contributed by atoms with Crippen LogP contribution in [0.5, 0.6) is 0 Å². The highest BCUT2D eigenvalue weighted by molar-refractivity contribution is 6.21. The second-order valence-electron chi connectivity index (χ2n) is 15.7. The Hall–Kier alpha value is -7.95. The molecule has 0 bridgehead atoms. The molecule has 0 N–H and O–H groups in total. The summed E-state index contributed by atoms with van der Waals surface area (Å²) in [7, 11) is 0. The molecule has 4 nitrogen and oxygen atoms in total. The van der Waals surface area contributed by atoms with E-state index in [1.165, 1.54) is 49.3 Å². The molecule has 0 unspecified atom stereocenters. The number of pyridine rings is 1. The summed E-state index contributed by atoms with van der Waals surface area (Å²) < 4.78 is 6.73. The van der Waals surface area contributed by atoms with Gasteiger partial charge in [0.2, 0.25) is 0 Å². The van der Waals surface area contributed by atoms with E-state index in [0.29, 0.717) is 0 Å². The molecule has 0 spiro atoms. The molecular formula is C55H33N3O. The lowest BCUT2D eigenvalue weighted by atomic mass is 10.0. The molecule has 13 rings (SSSR count). The number of fused-ring (bicyclic) bond motifs is 11. The van der Waals surface area contributed by atoms with Crippen molar-refractivity contribution < 1.29 is 0 Å². The lowest BCUT2D eigenvalue weighted by Gasteiger charge is -2.13. The molecule has 0 radical (unpaired) electrons. The van der Waals surface area contributed by atoms with E-state index in [4.69, 9.17) is 0 Å². The first-order valence-corrected chi connectivity index (χ1v) is 20.1. The van der Waals surface area contributed by atoms with Gasteiger partial charge in [0.05, 0.1) is 33.1 Å². The van der Waals surface area contributed by atoms with Gasteiger partial charge in [0.1, 0.15) is 0 Å². The van der Waals surface area contributed by atoms with Gasteiger partial charge in [0.25, 0.3) is 5.56 Å². The Balaban J connectivity index is 1.04.